The van der Waals surface area contributed by atoms with Gasteiger partial charge < -0.3 is 5.73 Å². The van der Waals surface area contributed by atoms with Crippen molar-refractivity contribution in [1.29, 1.82) is 0 Å². The molecule has 0 spiro atoms. The fraction of sp³-hybridized carbons (Fsp3) is 0.167. The predicted molar refractivity (Wildman–Crippen MR) is 102 cm³/mol. The van der Waals surface area contributed by atoms with Gasteiger partial charge in [-0.05, 0) is 49.2 Å². The maximum atomic E-state index is 12.6. The molecule has 0 aliphatic heterocycles. The molecule has 2 aromatic rings. The Hall–Kier alpha value is -2.87. The van der Waals surface area contributed by atoms with E-state index in [-0.39, 0.29) is 5.96 Å². The Morgan fingerprint density at radius 3 is 1.96 bits per heavy atom. The Morgan fingerprint density at radius 1 is 0.889 bits per heavy atom. The fourth-order valence-corrected chi connectivity index (χ4v) is 2.13. The van der Waals surface area contributed by atoms with Gasteiger partial charge in [0.05, 0.1) is 17.0 Å². The summed E-state index contributed by atoms with van der Waals surface area (Å²) in [6, 6.07) is 11.7. The molecule has 0 bridgehead atoms. The van der Waals surface area contributed by atoms with Crippen molar-refractivity contribution >= 4 is 29.0 Å². The van der Waals surface area contributed by atoms with Crippen LogP contribution in [-0.2, 0) is 6.18 Å². The monoisotopic (exact) mass is 395 g/mol. The molecule has 9 heteroatoms. The number of hydrogen-bond acceptors (Lipinski definition) is 3. The van der Waals surface area contributed by atoms with Gasteiger partial charge in [-0.3, -0.25) is 0 Å². The quantitative estimate of drug-likeness (QED) is 0.457. The molecule has 0 unspecified atom stereocenters. The summed E-state index contributed by atoms with van der Waals surface area (Å²) in [5.41, 5.74) is 9.94. The largest absolute Gasteiger partial charge is 0.416 e. The van der Waals surface area contributed by atoms with Crippen LogP contribution in [0.3, 0.4) is 0 Å². The highest BCUT2D eigenvalue weighted by Gasteiger charge is 2.29. The van der Waals surface area contributed by atoms with Crippen molar-refractivity contribution in [2.45, 2.75) is 20.0 Å². The van der Waals surface area contributed by atoms with Crippen LogP contribution in [0, 0.1) is 0 Å². The van der Waals surface area contributed by atoms with Crippen LogP contribution in [0.15, 0.2) is 63.8 Å². The van der Waals surface area contributed by atoms with Gasteiger partial charge in [0.1, 0.15) is 0 Å². The molecule has 0 amide bonds. The molecule has 0 atom stereocenters. The molecule has 2 rings (SSSR count). The topological polar surface area (TPSA) is 75.1 Å². The number of alkyl halides is 3. The van der Waals surface area contributed by atoms with Gasteiger partial charge >= 0.3 is 6.18 Å². The number of nitrogens with two attached hydrogens (primary N) is 1. The second-order valence-electron chi connectivity index (χ2n) is 5.56. The zero-order valence-electron chi connectivity index (χ0n) is 14.5. The summed E-state index contributed by atoms with van der Waals surface area (Å²) < 4.78 is 37.7. The molecule has 0 heterocycles. The SMILES string of the molecule is CC(=N/N=C(\N)NN=C(C)c1ccc(Cl)cc1)c1ccc(C(F)(F)F)cc1. The third kappa shape index (κ3) is 6.10. The number of rotatable bonds is 4. The minimum absolute atomic E-state index is 0.0606. The van der Waals surface area contributed by atoms with Gasteiger partial charge in [0, 0.05) is 5.02 Å². The lowest BCUT2D eigenvalue weighted by molar-refractivity contribution is -0.137. The number of hydrogen-bond donors (Lipinski definition) is 2. The summed E-state index contributed by atoms with van der Waals surface area (Å²) in [5, 5.41) is 12.4. The number of benzene rings is 2. The van der Waals surface area contributed by atoms with E-state index in [1.807, 2.05) is 12.1 Å². The van der Waals surface area contributed by atoms with Crippen LogP contribution in [0.1, 0.15) is 30.5 Å². The molecule has 0 aromatic heterocycles. The Kier molecular flexibility index (Phi) is 6.57. The zero-order valence-corrected chi connectivity index (χ0v) is 15.3. The lowest BCUT2D eigenvalue weighted by Crippen LogP contribution is -2.27. The van der Waals surface area contributed by atoms with Crippen LogP contribution >= 0.6 is 11.6 Å². The minimum atomic E-state index is -4.38. The Labute approximate surface area is 159 Å². The number of hydrazone groups is 1. The van der Waals surface area contributed by atoms with E-state index in [1.54, 1.807) is 26.0 Å². The molecule has 5 nitrogen and oxygen atoms in total. The molecule has 0 saturated heterocycles. The summed E-state index contributed by atoms with van der Waals surface area (Å²) >= 11 is 5.83. The highest BCUT2D eigenvalue weighted by Crippen LogP contribution is 2.29. The average molecular weight is 396 g/mol. The van der Waals surface area contributed by atoms with Crippen molar-refractivity contribution in [1.82, 2.24) is 5.43 Å². The fourth-order valence-electron chi connectivity index (χ4n) is 2.01. The van der Waals surface area contributed by atoms with Crippen molar-refractivity contribution < 1.29 is 13.2 Å². The number of nitrogens with one attached hydrogen (secondary N) is 1. The van der Waals surface area contributed by atoms with E-state index in [2.05, 4.69) is 20.7 Å². The second kappa shape index (κ2) is 8.68. The van der Waals surface area contributed by atoms with Crippen molar-refractivity contribution in [3.8, 4) is 0 Å². The van der Waals surface area contributed by atoms with E-state index in [0.717, 1.165) is 17.7 Å². The lowest BCUT2D eigenvalue weighted by atomic mass is 10.1. The first-order valence-corrected chi connectivity index (χ1v) is 8.16. The van der Waals surface area contributed by atoms with Gasteiger partial charge in [0.25, 0.3) is 0 Å². The standard InChI is InChI=1S/C18H17ClF3N5/c1-11(13-3-7-15(8-4-13)18(20,21)22)24-26-17(23)27-25-12(2)14-5-9-16(19)10-6-14/h3-10H,1-2H3,(H3,23,26,27). The van der Waals surface area contributed by atoms with Crippen molar-refractivity contribution in [2.75, 3.05) is 0 Å². The molecular formula is C18H17ClF3N5. The zero-order chi connectivity index (χ0) is 20.0. The summed E-state index contributed by atoms with van der Waals surface area (Å²) in [6.07, 6.45) is -4.38. The number of nitrogens with zero attached hydrogens (tertiary/aromatic N) is 3. The molecule has 3 N–H and O–H groups in total. The van der Waals surface area contributed by atoms with Gasteiger partial charge in [0.15, 0.2) is 0 Å². The Balaban J connectivity index is 2.04. The molecule has 27 heavy (non-hydrogen) atoms. The molecule has 0 saturated carbocycles. The minimum Gasteiger partial charge on any atom is -0.367 e. The van der Waals surface area contributed by atoms with E-state index in [9.17, 15) is 13.2 Å². The van der Waals surface area contributed by atoms with Gasteiger partial charge in [-0.15, -0.1) is 5.10 Å². The number of guanidine groups is 1. The molecule has 0 fully saturated rings. The second-order valence-corrected chi connectivity index (χ2v) is 6.00. The normalized spacial score (nSPS) is 13.6. The summed E-state index contributed by atoms with van der Waals surface area (Å²) in [5.74, 6) is -0.0606. The van der Waals surface area contributed by atoms with Crippen LogP contribution in [0.4, 0.5) is 13.2 Å². The molecule has 0 aliphatic carbocycles. The third-order valence-electron chi connectivity index (χ3n) is 3.54. The first kappa shape index (κ1) is 20.4. The average Bonchev–Trinajstić information content (AvgIpc) is 2.64. The van der Waals surface area contributed by atoms with Crippen LogP contribution in [-0.4, -0.2) is 17.4 Å². The van der Waals surface area contributed by atoms with Crippen molar-refractivity contribution in [3.05, 3.63) is 70.2 Å². The molecule has 0 aliphatic rings. The summed E-state index contributed by atoms with van der Waals surface area (Å²) in [4.78, 5) is 0. The summed E-state index contributed by atoms with van der Waals surface area (Å²) in [6.45, 7) is 3.39. The van der Waals surface area contributed by atoms with Crippen LogP contribution in [0.25, 0.3) is 0 Å². The van der Waals surface area contributed by atoms with E-state index in [0.29, 0.717) is 22.0 Å². The van der Waals surface area contributed by atoms with Crippen molar-refractivity contribution in [2.24, 2.45) is 21.0 Å². The van der Waals surface area contributed by atoms with E-state index in [1.165, 1.54) is 12.1 Å². The Bertz CT molecular complexity index is 869. The predicted octanol–water partition coefficient (Wildman–Crippen LogP) is 4.41. The van der Waals surface area contributed by atoms with Gasteiger partial charge in [-0.2, -0.15) is 23.4 Å². The molecule has 2 aromatic carbocycles. The van der Waals surface area contributed by atoms with Gasteiger partial charge in [-0.1, -0.05) is 35.9 Å². The van der Waals surface area contributed by atoms with Gasteiger partial charge in [-0.25, -0.2) is 5.43 Å². The molecular weight excluding hydrogens is 379 g/mol. The highest BCUT2D eigenvalue weighted by atomic mass is 35.5. The van der Waals surface area contributed by atoms with Crippen molar-refractivity contribution in [3.63, 3.8) is 0 Å². The van der Waals surface area contributed by atoms with E-state index < -0.39 is 11.7 Å². The van der Waals surface area contributed by atoms with Crippen LogP contribution in [0.2, 0.25) is 5.02 Å². The molecule has 142 valence electrons. The third-order valence-corrected chi connectivity index (χ3v) is 3.79. The van der Waals surface area contributed by atoms with Crippen LogP contribution in [0.5, 0.6) is 0 Å². The maximum absolute atomic E-state index is 12.6. The lowest BCUT2D eigenvalue weighted by Gasteiger charge is -2.07. The van der Waals surface area contributed by atoms with Gasteiger partial charge in [0.2, 0.25) is 5.96 Å². The maximum Gasteiger partial charge on any atom is 0.416 e. The van der Waals surface area contributed by atoms with E-state index in [4.69, 9.17) is 17.3 Å². The van der Waals surface area contributed by atoms with Crippen LogP contribution < -0.4 is 11.2 Å². The molecule has 0 radical (unpaired) electrons. The smallest absolute Gasteiger partial charge is 0.367 e. The number of halogens is 4. The first-order chi connectivity index (χ1) is 12.7. The Morgan fingerprint density at radius 2 is 1.41 bits per heavy atom. The van der Waals surface area contributed by atoms with E-state index >= 15 is 0 Å². The first-order valence-electron chi connectivity index (χ1n) is 7.78. The summed E-state index contributed by atoms with van der Waals surface area (Å²) in [7, 11) is 0. The highest BCUT2D eigenvalue weighted by molar-refractivity contribution is 6.30.